The quantitative estimate of drug-likeness (QED) is 0.113. The van der Waals surface area contributed by atoms with E-state index in [2.05, 4.69) is 220 Å². The Morgan fingerprint density at radius 1 is 0.278 bits per heavy atom. The monoisotopic (exact) mass is 724 g/mol. The number of rotatable bonds is 7. The fourth-order valence-corrected chi connectivity index (χ4v) is 13.7. The van der Waals surface area contributed by atoms with Crippen LogP contribution in [0.3, 0.4) is 0 Å². The minimum absolute atomic E-state index is 1.23. The van der Waals surface area contributed by atoms with Crippen molar-refractivity contribution in [2.24, 2.45) is 0 Å². The second-order valence-electron chi connectivity index (χ2n) is 15.7. The molecule has 0 fully saturated rings. The Kier molecular flexibility index (Phi) is 8.53. The Labute approximate surface area is 321 Å². The lowest BCUT2D eigenvalue weighted by molar-refractivity contribution is 1.63. The van der Waals surface area contributed by atoms with E-state index in [9.17, 15) is 0 Å². The van der Waals surface area contributed by atoms with E-state index in [-0.39, 0.29) is 0 Å². The van der Waals surface area contributed by atoms with Crippen LogP contribution >= 0.6 is 0 Å². The van der Waals surface area contributed by atoms with Crippen molar-refractivity contribution < 1.29 is 0 Å². The van der Waals surface area contributed by atoms with Gasteiger partial charge in [0.1, 0.15) is 16.1 Å². The summed E-state index contributed by atoms with van der Waals surface area (Å²) in [5.74, 6) is 0. The molecule has 0 nitrogen and oxygen atoms in total. The third kappa shape index (κ3) is 5.83. The molecule has 0 unspecified atom stereocenters. The van der Waals surface area contributed by atoms with E-state index < -0.39 is 16.1 Å². The largest absolute Gasteiger partial charge is 0.113 e. The van der Waals surface area contributed by atoms with Crippen LogP contribution in [0, 0.1) is 0 Å². The molecule has 9 aromatic carbocycles. The van der Waals surface area contributed by atoms with Crippen LogP contribution in [0.4, 0.5) is 0 Å². The fourth-order valence-electron chi connectivity index (χ4n) is 8.67. The van der Waals surface area contributed by atoms with Gasteiger partial charge in [0.25, 0.3) is 0 Å². The molecule has 0 N–H and O–H groups in total. The molecule has 0 saturated heterocycles. The Balaban J connectivity index is 1.22. The van der Waals surface area contributed by atoms with Gasteiger partial charge in [0.05, 0.1) is 0 Å². The average molecular weight is 725 g/mol. The van der Waals surface area contributed by atoms with Gasteiger partial charge in [0.15, 0.2) is 0 Å². The molecule has 0 atom stereocenters. The van der Waals surface area contributed by atoms with Gasteiger partial charge < -0.3 is 0 Å². The highest BCUT2D eigenvalue weighted by molar-refractivity contribution is 7.01. The number of fused-ring (bicyclic) bond motifs is 3. The zero-order chi connectivity index (χ0) is 36.9. The van der Waals surface area contributed by atoms with Gasteiger partial charge in [-0.3, -0.25) is 0 Å². The number of benzene rings is 9. The summed E-state index contributed by atoms with van der Waals surface area (Å²) in [5, 5.41) is 13.7. The van der Waals surface area contributed by atoms with E-state index in [1.165, 1.54) is 86.4 Å². The van der Waals surface area contributed by atoms with E-state index >= 15 is 0 Å². The van der Waals surface area contributed by atoms with Gasteiger partial charge in [-0.25, -0.2) is 0 Å². The van der Waals surface area contributed by atoms with Gasteiger partial charge in [-0.2, -0.15) is 0 Å². The predicted molar refractivity (Wildman–Crippen MR) is 242 cm³/mol. The summed E-state index contributed by atoms with van der Waals surface area (Å²) in [6.07, 6.45) is 0. The third-order valence-electron chi connectivity index (χ3n) is 11.9. The molecule has 0 amide bonds. The maximum Gasteiger partial charge on any atom is 0.113 e. The number of hydrogen-bond acceptors (Lipinski definition) is 0. The molecular weight excluding hydrogens is 681 g/mol. The summed E-state index contributed by atoms with van der Waals surface area (Å²) in [6.45, 7) is 9.90. The molecule has 0 radical (unpaired) electrons. The molecular formula is C52H44Si2. The summed E-state index contributed by atoms with van der Waals surface area (Å²) in [5.41, 5.74) is 7.58. The third-order valence-corrected chi connectivity index (χ3v) is 19.0. The van der Waals surface area contributed by atoms with E-state index in [1.807, 2.05) is 0 Å². The maximum absolute atomic E-state index is 2.49. The van der Waals surface area contributed by atoms with Crippen molar-refractivity contribution in [3.05, 3.63) is 194 Å². The van der Waals surface area contributed by atoms with Crippen molar-refractivity contribution in [3.63, 3.8) is 0 Å². The standard InChI is InChI=1S/C52H44Si2/c1-53(2,42-20-9-6-10-21-42)43-31-26-40(27-32-43)52-47-24-14-13-23-46(47)51(48-35-30-41(36-49(48)52)37-16-7-5-8-17-37)39-28-33-44(34-29-39)54(3,4)50-25-15-19-38-18-11-12-22-45(38)50/h5-36H,1-4H3. The van der Waals surface area contributed by atoms with Gasteiger partial charge in [0, 0.05) is 0 Å². The van der Waals surface area contributed by atoms with E-state index in [1.54, 1.807) is 0 Å². The minimum Gasteiger partial charge on any atom is -0.0626 e. The van der Waals surface area contributed by atoms with Gasteiger partial charge in [-0.05, 0) is 77.0 Å². The highest BCUT2D eigenvalue weighted by atomic mass is 28.3. The normalized spacial score (nSPS) is 12.1. The molecule has 54 heavy (non-hydrogen) atoms. The zero-order valence-corrected chi connectivity index (χ0v) is 33.5. The first-order valence-corrected chi connectivity index (χ1v) is 25.1. The Bertz CT molecular complexity index is 2770. The SMILES string of the molecule is C[Si](C)(c1ccccc1)c1ccc(-c2c3ccccc3c(-c3ccc([Si](C)(C)c4cccc5ccccc45)cc3)c3ccc(-c4ccccc4)cc23)cc1. The van der Waals surface area contributed by atoms with Crippen molar-refractivity contribution in [1.29, 1.82) is 0 Å². The minimum atomic E-state index is -1.99. The Morgan fingerprint density at radius 2 is 0.722 bits per heavy atom. The molecule has 0 aliphatic rings. The highest BCUT2D eigenvalue weighted by Gasteiger charge is 2.29. The van der Waals surface area contributed by atoms with Crippen molar-refractivity contribution in [1.82, 2.24) is 0 Å². The first-order valence-electron chi connectivity index (χ1n) is 19.1. The summed E-state index contributed by atoms with van der Waals surface area (Å²) in [6, 6.07) is 72.7. The van der Waals surface area contributed by atoms with Crippen LogP contribution in [0.15, 0.2) is 194 Å². The van der Waals surface area contributed by atoms with Gasteiger partial charge >= 0.3 is 0 Å². The second kappa shape index (κ2) is 13.6. The van der Waals surface area contributed by atoms with Crippen LogP contribution in [0.2, 0.25) is 26.2 Å². The van der Waals surface area contributed by atoms with Crippen LogP contribution in [0.1, 0.15) is 0 Å². The van der Waals surface area contributed by atoms with Crippen molar-refractivity contribution in [3.8, 4) is 33.4 Å². The molecule has 0 aromatic heterocycles. The van der Waals surface area contributed by atoms with Crippen LogP contribution in [-0.2, 0) is 0 Å². The van der Waals surface area contributed by atoms with Crippen LogP contribution in [0.5, 0.6) is 0 Å². The summed E-state index contributed by atoms with van der Waals surface area (Å²) >= 11 is 0. The average Bonchev–Trinajstić information content (AvgIpc) is 3.23. The van der Waals surface area contributed by atoms with Crippen LogP contribution in [-0.4, -0.2) is 16.1 Å². The Hall–Kier alpha value is -5.81. The molecule has 0 aliphatic carbocycles. The van der Waals surface area contributed by atoms with E-state index in [4.69, 9.17) is 0 Å². The summed E-state index contributed by atoms with van der Waals surface area (Å²) in [7, 11) is -3.83. The second-order valence-corrected chi connectivity index (χ2v) is 24.5. The molecule has 9 rings (SSSR count). The topological polar surface area (TPSA) is 0 Å². The van der Waals surface area contributed by atoms with E-state index in [0.717, 1.165) is 0 Å². The summed E-state index contributed by atoms with van der Waals surface area (Å²) in [4.78, 5) is 0. The van der Waals surface area contributed by atoms with E-state index in [0.29, 0.717) is 0 Å². The molecule has 2 heteroatoms. The predicted octanol–water partition coefficient (Wildman–Crippen LogP) is 11.8. The molecule has 0 saturated carbocycles. The van der Waals surface area contributed by atoms with Gasteiger partial charge in [-0.1, -0.05) is 230 Å². The molecule has 0 aliphatic heterocycles. The van der Waals surface area contributed by atoms with Crippen molar-refractivity contribution >= 4 is 69.2 Å². The van der Waals surface area contributed by atoms with Crippen LogP contribution in [0.25, 0.3) is 65.7 Å². The lowest BCUT2D eigenvalue weighted by atomic mass is 9.85. The zero-order valence-electron chi connectivity index (χ0n) is 31.5. The molecule has 260 valence electrons. The fraction of sp³-hybridized carbons (Fsp3) is 0.0769. The highest BCUT2D eigenvalue weighted by Crippen LogP contribution is 2.44. The lowest BCUT2D eigenvalue weighted by Gasteiger charge is -2.26. The smallest absolute Gasteiger partial charge is 0.0626 e. The Morgan fingerprint density at radius 3 is 1.35 bits per heavy atom. The van der Waals surface area contributed by atoms with Gasteiger partial charge in [0.2, 0.25) is 0 Å². The van der Waals surface area contributed by atoms with Gasteiger partial charge in [-0.15, -0.1) is 0 Å². The summed E-state index contributed by atoms with van der Waals surface area (Å²) < 4.78 is 0. The number of hydrogen-bond donors (Lipinski definition) is 0. The molecule has 0 bridgehead atoms. The van der Waals surface area contributed by atoms with Crippen LogP contribution < -0.4 is 20.7 Å². The van der Waals surface area contributed by atoms with Crippen molar-refractivity contribution in [2.75, 3.05) is 0 Å². The molecule has 0 spiro atoms. The molecule has 0 heterocycles. The van der Waals surface area contributed by atoms with Crippen molar-refractivity contribution in [2.45, 2.75) is 26.2 Å². The maximum atomic E-state index is 2.49. The lowest BCUT2D eigenvalue weighted by Crippen LogP contribution is -2.53. The first kappa shape index (κ1) is 34.0. The first-order chi connectivity index (χ1) is 26.3. The molecule has 9 aromatic rings.